The van der Waals surface area contributed by atoms with Crippen LogP contribution in [0.25, 0.3) is 5.69 Å². The first-order chi connectivity index (χ1) is 12.7. The van der Waals surface area contributed by atoms with Crippen molar-refractivity contribution in [3.05, 3.63) is 77.9 Å². The third-order valence-electron chi connectivity index (χ3n) is 4.80. The Bertz CT molecular complexity index is 907. The van der Waals surface area contributed by atoms with Gasteiger partial charge in [0.05, 0.1) is 29.2 Å². The van der Waals surface area contributed by atoms with E-state index in [1.165, 1.54) is 0 Å². The van der Waals surface area contributed by atoms with Gasteiger partial charge in [-0.05, 0) is 43.7 Å². The van der Waals surface area contributed by atoms with Crippen LogP contribution < -0.4 is 0 Å². The van der Waals surface area contributed by atoms with Crippen molar-refractivity contribution in [1.82, 2.24) is 19.7 Å². The van der Waals surface area contributed by atoms with Crippen molar-refractivity contribution in [1.29, 1.82) is 0 Å². The van der Waals surface area contributed by atoms with E-state index in [1.807, 2.05) is 36.8 Å². The third-order valence-corrected chi connectivity index (χ3v) is 4.80. The number of aromatic carboxylic acids is 1. The van der Waals surface area contributed by atoms with Crippen molar-refractivity contribution in [3.8, 4) is 5.69 Å². The molecule has 3 aromatic rings. The van der Waals surface area contributed by atoms with Crippen LogP contribution in [0.3, 0.4) is 0 Å². The minimum Gasteiger partial charge on any atom is -0.478 e. The number of hydrogen-bond acceptors (Lipinski definition) is 4. The number of para-hydroxylation sites is 1. The van der Waals surface area contributed by atoms with E-state index in [0.717, 1.165) is 37.2 Å². The maximum Gasteiger partial charge on any atom is 0.337 e. The lowest BCUT2D eigenvalue weighted by atomic mass is 10.1. The van der Waals surface area contributed by atoms with Gasteiger partial charge in [0.15, 0.2) is 0 Å². The lowest BCUT2D eigenvalue weighted by Crippen LogP contribution is -2.23. The second kappa shape index (κ2) is 7.09. The second-order valence-electron chi connectivity index (χ2n) is 6.50. The maximum absolute atomic E-state index is 11.4. The van der Waals surface area contributed by atoms with Gasteiger partial charge in [0.1, 0.15) is 0 Å². The largest absolute Gasteiger partial charge is 0.478 e. The molecule has 0 bridgehead atoms. The van der Waals surface area contributed by atoms with Gasteiger partial charge >= 0.3 is 5.97 Å². The number of aromatic nitrogens is 3. The summed E-state index contributed by atoms with van der Waals surface area (Å²) in [6.45, 7) is 1.80. The van der Waals surface area contributed by atoms with E-state index in [9.17, 15) is 9.90 Å². The van der Waals surface area contributed by atoms with E-state index in [0.29, 0.717) is 11.7 Å². The van der Waals surface area contributed by atoms with Crippen LogP contribution in [0.4, 0.5) is 0 Å². The molecule has 26 heavy (non-hydrogen) atoms. The van der Waals surface area contributed by atoms with Crippen molar-refractivity contribution >= 4 is 5.97 Å². The molecule has 0 saturated carbocycles. The SMILES string of the molecule is O=C(O)c1ccccc1-n1cc(CN2CCC[C@H]2c2ccccn2)cn1. The number of likely N-dealkylation sites (tertiary alicyclic amines) is 1. The summed E-state index contributed by atoms with van der Waals surface area (Å²) in [5.74, 6) is -0.951. The van der Waals surface area contributed by atoms with Gasteiger partial charge in [0.2, 0.25) is 0 Å². The van der Waals surface area contributed by atoms with E-state index in [1.54, 1.807) is 22.9 Å². The van der Waals surface area contributed by atoms with E-state index in [4.69, 9.17) is 0 Å². The second-order valence-corrected chi connectivity index (χ2v) is 6.50. The number of pyridine rings is 1. The molecule has 4 rings (SSSR count). The average Bonchev–Trinajstić information content (AvgIpc) is 3.32. The average molecular weight is 348 g/mol. The Morgan fingerprint density at radius 2 is 2.04 bits per heavy atom. The number of hydrogen-bond donors (Lipinski definition) is 1. The highest BCUT2D eigenvalue weighted by Gasteiger charge is 2.27. The zero-order chi connectivity index (χ0) is 17.9. The molecule has 1 fully saturated rings. The highest BCUT2D eigenvalue weighted by molar-refractivity contribution is 5.91. The van der Waals surface area contributed by atoms with Gasteiger partial charge < -0.3 is 5.11 Å². The van der Waals surface area contributed by atoms with Gasteiger partial charge in [-0.25, -0.2) is 9.48 Å². The quantitative estimate of drug-likeness (QED) is 0.766. The monoisotopic (exact) mass is 348 g/mol. The molecule has 6 heteroatoms. The smallest absolute Gasteiger partial charge is 0.337 e. The Labute approximate surface area is 151 Å². The molecule has 1 aliphatic rings. The van der Waals surface area contributed by atoms with Crippen molar-refractivity contribution in [2.45, 2.75) is 25.4 Å². The molecule has 0 spiro atoms. The Hall–Kier alpha value is -2.99. The van der Waals surface area contributed by atoms with Crippen molar-refractivity contribution in [3.63, 3.8) is 0 Å². The number of rotatable bonds is 5. The van der Waals surface area contributed by atoms with Crippen LogP contribution in [-0.2, 0) is 6.54 Å². The molecule has 2 aromatic heterocycles. The van der Waals surface area contributed by atoms with E-state index < -0.39 is 5.97 Å². The van der Waals surface area contributed by atoms with Crippen molar-refractivity contribution in [2.75, 3.05) is 6.54 Å². The molecule has 1 atom stereocenters. The number of carboxylic acids is 1. The zero-order valence-corrected chi connectivity index (χ0v) is 14.3. The van der Waals surface area contributed by atoms with Gasteiger partial charge in [0.25, 0.3) is 0 Å². The number of carbonyl (C=O) groups is 1. The summed E-state index contributed by atoms with van der Waals surface area (Å²) in [6.07, 6.45) is 7.82. The fraction of sp³-hybridized carbons (Fsp3) is 0.250. The first kappa shape index (κ1) is 16.5. The molecule has 1 aliphatic heterocycles. The number of carboxylic acid groups (broad SMARTS) is 1. The molecular weight excluding hydrogens is 328 g/mol. The van der Waals surface area contributed by atoms with Crippen LogP contribution >= 0.6 is 0 Å². The van der Waals surface area contributed by atoms with Crippen LogP contribution in [0.2, 0.25) is 0 Å². The highest BCUT2D eigenvalue weighted by Crippen LogP contribution is 2.31. The Morgan fingerprint density at radius 3 is 2.85 bits per heavy atom. The molecule has 0 unspecified atom stereocenters. The van der Waals surface area contributed by atoms with Crippen molar-refractivity contribution in [2.24, 2.45) is 0 Å². The zero-order valence-electron chi connectivity index (χ0n) is 14.3. The molecule has 3 heterocycles. The molecule has 1 saturated heterocycles. The molecule has 0 amide bonds. The van der Waals surface area contributed by atoms with Gasteiger partial charge in [-0.3, -0.25) is 9.88 Å². The summed E-state index contributed by atoms with van der Waals surface area (Å²) >= 11 is 0. The molecular formula is C20H20N4O2. The number of nitrogens with zero attached hydrogens (tertiary/aromatic N) is 4. The lowest BCUT2D eigenvalue weighted by Gasteiger charge is -2.23. The van der Waals surface area contributed by atoms with Crippen LogP contribution in [0.15, 0.2) is 61.1 Å². The molecule has 0 radical (unpaired) electrons. The fourth-order valence-corrected chi connectivity index (χ4v) is 3.59. The van der Waals surface area contributed by atoms with E-state index in [-0.39, 0.29) is 5.56 Å². The summed E-state index contributed by atoms with van der Waals surface area (Å²) < 4.78 is 1.64. The Balaban J connectivity index is 1.55. The fourth-order valence-electron chi connectivity index (χ4n) is 3.59. The predicted molar refractivity (Wildman–Crippen MR) is 97.1 cm³/mol. The summed E-state index contributed by atoms with van der Waals surface area (Å²) in [5.41, 5.74) is 2.99. The lowest BCUT2D eigenvalue weighted by molar-refractivity contribution is 0.0696. The molecule has 1 aromatic carbocycles. The highest BCUT2D eigenvalue weighted by atomic mass is 16.4. The topological polar surface area (TPSA) is 71.2 Å². The van der Waals surface area contributed by atoms with Gasteiger partial charge in [0, 0.05) is 24.5 Å². The van der Waals surface area contributed by atoms with Gasteiger partial charge in [-0.15, -0.1) is 0 Å². The van der Waals surface area contributed by atoms with Crippen LogP contribution in [0.5, 0.6) is 0 Å². The minimum absolute atomic E-state index is 0.245. The molecule has 6 nitrogen and oxygen atoms in total. The molecule has 132 valence electrons. The first-order valence-corrected chi connectivity index (χ1v) is 8.73. The Kier molecular flexibility index (Phi) is 4.50. The third kappa shape index (κ3) is 3.23. The molecule has 0 aliphatic carbocycles. The van der Waals surface area contributed by atoms with Gasteiger partial charge in [-0.2, -0.15) is 5.10 Å². The molecule has 1 N–H and O–H groups in total. The van der Waals surface area contributed by atoms with Crippen molar-refractivity contribution < 1.29 is 9.90 Å². The summed E-state index contributed by atoms with van der Waals surface area (Å²) in [4.78, 5) is 18.3. The van der Waals surface area contributed by atoms with Crippen LogP contribution in [-0.4, -0.2) is 37.3 Å². The van der Waals surface area contributed by atoms with E-state index in [2.05, 4.69) is 21.0 Å². The van der Waals surface area contributed by atoms with Crippen LogP contribution in [0, 0.1) is 0 Å². The Morgan fingerprint density at radius 1 is 1.19 bits per heavy atom. The maximum atomic E-state index is 11.4. The number of benzene rings is 1. The first-order valence-electron chi connectivity index (χ1n) is 8.73. The summed E-state index contributed by atoms with van der Waals surface area (Å²) in [5, 5.41) is 13.7. The minimum atomic E-state index is -0.951. The predicted octanol–water partition coefficient (Wildman–Crippen LogP) is 3.30. The van der Waals surface area contributed by atoms with Gasteiger partial charge in [-0.1, -0.05) is 18.2 Å². The van der Waals surface area contributed by atoms with E-state index >= 15 is 0 Å². The standard InChI is InChI=1S/C20H20N4O2/c25-20(26)16-6-1-2-8-18(16)24-14-15(12-22-24)13-23-11-5-9-19(23)17-7-3-4-10-21-17/h1-4,6-8,10,12,14,19H,5,9,11,13H2,(H,25,26)/t19-/m0/s1. The normalized spacial score (nSPS) is 17.5. The van der Waals surface area contributed by atoms with Crippen LogP contribution in [0.1, 0.15) is 40.5 Å². The summed E-state index contributed by atoms with van der Waals surface area (Å²) in [6, 6.07) is 13.3. The summed E-state index contributed by atoms with van der Waals surface area (Å²) in [7, 11) is 0.